The number of pyridine rings is 2. The van der Waals surface area contributed by atoms with E-state index in [0.29, 0.717) is 47.9 Å². The molecule has 1 aliphatic rings. The first-order valence-electron chi connectivity index (χ1n) is 14.0. The Kier molecular flexibility index (Phi) is 7.23. The minimum atomic E-state index is -0.765. The molecule has 0 saturated carbocycles. The number of carbonyl (C=O) groups is 2. The third-order valence-corrected chi connectivity index (χ3v) is 7.31. The van der Waals surface area contributed by atoms with Crippen LogP contribution in [0.3, 0.4) is 0 Å². The van der Waals surface area contributed by atoms with Crippen LogP contribution in [0.15, 0.2) is 85.5 Å². The molecule has 0 saturated heterocycles. The van der Waals surface area contributed by atoms with Crippen LogP contribution in [-0.4, -0.2) is 64.2 Å². The summed E-state index contributed by atoms with van der Waals surface area (Å²) < 4.78 is 30.8. The molecule has 1 aromatic carbocycles. The van der Waals surface area contributed by atoms with E-state index in [4.69, 9.17) is 10.2 Å². The largest absolute Gasteiger partial charge is 0.325 e. The van der Waals surface area contributed by atoms with Crippen LogP contribution in [0.4, 0.5) is 20.3 Å². The van der Waals surface area contributed by atoms with E-state index in [1.807, 2.05) is 9.58 Å². The van der Waals surface area contributed by atoms with Crippen molar-refractivity contribution in [2.75, 3.05) is 23.7 Å². The fraction of sp³-hybridized carbons (Fsp3) is 0.129. The number of aromatic nitrogens is 7. The minimum Gasteiger partial charge on any atom is -0.325 e. The second kappa shape index (κ2) is 11.7. The molecule has 5 aromatic heterocycles. The van der Waals surface area contributed by atoms with E-state index < -0.39 is 11.9 Å². The standard InChI is InChI=1S/C31H24F2N10O2/c32-21-3-1-19(2-4-21)30-29(24-16-41(13-14-42(24)40-30)18-28(44)36-22-8-10-34-11-9-22)23-5-6-27-37-26(17-43(27)39-23)38-31(45)20-7-12-35-25(33)15-20/h1-12,15,17H,13-14,16,18H2,(H,38,45)(H,34,36,44). The molecule has 6 heterocycles. The molecule has 0 bridgehead atoms. The molecule has 14 heteroatoms. The van der Waals surface area contributed by atoms with Crippen LogP contribution in [0.2, 0.25) is 0 Å². The lowest BCUT2D eigenvalue weighted by atomic mass is 10.0. The smallest absolute Gasteiger partial charge is 0.257 e. The van der Waals surface area contributed by atoms with E-state index in [2.05, 4.69) is 25.6 Å². The topological polar surface area (TPSA) is 135 Å². The van der Waals surface area contributed by atoms with E-state index in [9.17, 15) is 18.4 Å². The number of anilines is 2. The number of amides is 2. The Balaban J connectivity index is 1.21. The van der Waals surface area contributed by atoms with Gasteiger partial charge >= 0.3 is 0 Å². The number of hydrogen-bond donors (Lipinski definition) is 2. The molecule has 1 aliphatic heterocycles. The zero-order valence-corrected chi connectivity index (χ0v) is 23.6. The first-order valence-corrected chi connectivity index (χ1v) is 14.0. The van der Waals surface area contributed by atoms with Gasteiger partial charge in [-0.15, -0.1) is 0 Å². The van der Waals surface area contributed by atoms with Crippen LogP contribution in [-0.2, 0) is 17.9 Å². The number of imidazole rings is 1. The molecule has 12 nitrogen and oxygen atoms in total. The van der Waals surface area contributed by atoms with Gasteiger partial charge in [0.2, 0.25) is 11.9 Å². The summed E-state index contributed by atoms with van der Waals surface area (Å²) in [5.41, 5.74) is 4.70. The third-order valence-electron chi connectivity index (χ3n) is 7.31. The Labute approximate surface area is 254 Å². The maximum absolute atomic E-state index is 13.8. The molecular weight excluding hydrogens is 582 g/mol. The van der Waals surface area contributed by atoms with Crippen molar-refractivity contribution in [2.24, 2.45) is 0 Å². The molecule has 224 valence electrons. The summed E-state index contributed by atoms with van der Waals surface area (Å²) in [7, 11) is 0. The van der Waals surface area contributed by atoms with Crippen molar-refractivity contribution in [2.45, 2.75) is 13.1 Å². The van der Waals surface area contributed by atoms with Crippen molar-refractivity contribution in [1.82, 2.24) is 39.2 Å². The van der Waals surface area contributed by atoms with Crippen molar-refractivity contribution >= 4 is 29.0 Å². The minimum absolute atomic E-state index is 0.0997. The van der Waals surface area contributed by atoms with Crippen LogP contribution < -0.4 is 10.6 Å². The molecule has 7 rings (SSSR count). The normalized spacial score (nSPS) is 13.0. The Morgan fingerprint density at radius 3 is 2.51 bits per heavy atom. The lowest BCUT2D eigenvalue weighted by molar-refractivity contribution is -0.117. The predicted molar refractivity (Wildman–Crippen MR) is 160 cm³/mol. The lowest BCUT2D eigenvalue weighted by Crippen LogP contribution is -2.39. The maximum Gasteiger partial charge on any atom is 0.257 e. The average Bonchev–Trinajstić information content (AvgIpc) is 3.62. The summed E-state index contributed by atoms with van der Waals surface area (Å²) in [4.78, 5) is 39.4. The maximum atomic E-state index is 13.8. The zero-order chi connectivity index (χ0) is 30.9. The van der Waals surface area contributed by atoms with Gasteiger partial charge < -0.3 is 10.6 Å². The predicted octanol–water partition coefficient (Wildman–Crippen LogP) is 4.03. The molecule has 2 N–H and O–H groups in total. The number of nitrogens with one attached hydrogen (secondary N) is 2. The summed E-state index contributed by atoms with van der Waals surface area (Å²) in [6, 6.07) is 15.5. The molecule has 0 unspecified atom stereocenters. The number of carbonyl (C=O) groups excluding carboxylic acids is 2. The van der Waals surface area contributed by atoms with Crippen LogP contribution in [0, 0.1) is 11.8 Å². The van der Waals surface area contributed by atoms with E-state index in [1.165, 1.54) is 28.9 Å². The molecule has 6 aromatic rings. The SMILES string of the molecule is O=C(CN1CCn2nc(-c3ccc(F)cc3)c(-c3ccc4nc(NC(=O)c5ccnc(F)c5)cn4n3)c2C1)Nc1ccncc1. The highest BCUT2D eigenvalue weighted by Gasteiger charge is 2.28. The summed E-state index contributed by atoms with van der Waals surface area (Å²) in [6.45, 7) is 1.71. The van der Waals surface area contributed by atoms with Crippen LogP contribution in [0.1, 0.15) is 16.1 Å². The quantitative estimate of drug-likeness (QED) is 0.260. The van der Waals surface area contributed by atoms with Crippen molar-refractivity contribution in [3.05, 3.63) is 108 Å². The number of rotatable bonds is 7. The van der Waals surface area contributed by atoms with Gasteiger partial charge in [0, 0.05) is 54.6 Å². The summed E-state index contributed by atoms with van der Waals surface area (Å²) >= 11 is 0. The number of nitrogens with zero attached hydrogens (tertiary/aromatic N) is 8. The van der Waals surface area contributed by atoms with Gasteiger partial charge in [-0.25, -0.2) is 18.9 Å². The van der Waals surface area contributed by atoms with Crippen LogP contribution in [0.25, 0.3) is 28.2 Å². The second-order valence-electron chi connectivity index (χ2n) is 10.4. The molecule has 0 aliphatic carbocycles. The van der Waals surface area contributed by atoms with Gasteiger partial charge in [-0.05, 0) is 54.6 Å². The first kappa shape index (κ1) is 27.9. The monoisotopic (exact) mass is 606 g/mol. The number of benzene rings is 1. The van der Waals surface area contributed by atoms with Crippen molar-refractivity contribution < 1.29 is 18.4 Å². The van der Waals surface area contributed by atoms with Gasteiger partial charge in [0.15, 0.2) is 11.5 Å². The fourth-order valence-corrected chi connectivity index (χ4v) is 5.23. The lowest BCUT2D eigenvalue weighted by Gasteiger charge is -2.27. The Morgan fingerprint density at radius 2 is 1.71 bits per heavy atom. The summed E-state index contributed by atoms with van der Waals surface area (Å²) in [6.07, 6.45) is 5.99. The van der Waals surface area contributed by atoms with E-state index in [0.717, 1.165) is 17.3 Å². The molecule has 0 spiro atoms. The molecule has 0 radical (unpaired) electrons. The Morgan fingerprint density at radius 1 is 0.889 bits per heavy atom. The molecular formula is C31H24F2N10O2. The summed E-state index contributed by atoms with van der Waals surface area (Å²) in [5, 5.41) is 15.2. The number of halogens is 2. The van der Waals surface area contributed by atoms with Gasteiger partial charge in [0.05, 0.1) is 36.2 Å². The van der Waals surface area contributed by atoms with Gasteiger partial charge in [-0.3, -0.25) is 24.2 Å². The summed E-state index contributed by atoms with van der Waals surface area (Å²) in [5.74, 6) is -1.60. The second-order valence-corrected chi connectivity index (χ2v) is 10.4. The number of hydrogen-bond acceptors (Lipinski definition) is 8. The van der Waals surface area contributed by atoms with E-state index in [-0.39, 0.29) is 29.7 Å². The van der Waals surface area contributed by atoms with Crippen LogP contribution in [0.5, 0.6) is 0 Å². The van der Waals surface area contributed by atoms with Crippen molar-refractivity contribution in [3.63, 3.8) is 0 Å². The Bertz CT molecular complexity index is 2040. The van der Waals surface area contributed by atoms with Gasteiger partial charge in [0.1, 0.15) is 11.5 Å². The average molecular weight is 607 g/mol. The van der Waals surface area contributed by atoms with Gasteiger partial charge in [0.25, 0.3) is 5.91 Å². The highest BCUT2D eigenvalue weighted by molar-refractivity contribution is 6.03. The van der Waals surface area contributed by atoms with Gasteiger partial charge in [-0.1, -0.05) is 0 Å². The van der Waals surface area contributed by atoms with Gasteiger partial charge in [-0.2, -0.15) is 14.6 Å². The Hall–Kier alpha value is -5.89. The zero-order valence-electron chi connectivity index (χ0n) is 23.6. The first-order chi connectivity index (χ1) is 21.9. The highest BCUT2D eigenvalue weighted by Crippen LogP contribution is 2.36. The van der Waals surface area contributed by atoms with Crippen molar-refractivity contribution in [1.29, 1.82) is 0 Å². The molecule has 2 amide bonds. The van der Waals surface area contributed by atoms with Crippen molar-refractivity contribution in [3.8, 4) is 22.5 Å². The number of fused-ring (bicyclic) bond motifs is 2. The van der Waals surface area contributed by atoms with E-state index in [1.54, 1.807) is 55.0 Å². The molecule has 0 atom stereocenters. The third kappa shape index (κ3) is 5.86. The van der Waals surface area contributed by atoms with Crippen LogP contribution >= 0.6 is 0 Å². The molecule has 0 fully saturated rings. The van der Waals surface area contributed by atoms with E-state index >= 15 is 0 Å². The molecule has 45 heavy (non-hydrogen) atoms. The fourth-order valence-electron chi connectivity index (χ4n) is 5.23. The highest BCUT2D eigenvalue weighted by atomic mass is 19.1.